The SMILES string of the molecule is C#CCNS(=O)(=O)c1cccc(C(=O)N2CCN([C@@H](C)c3nc4ccccc4s3)CC2)c1. The predicted molar refractivity (Wildman–Crippen MR) is 126 cm³/mol. The van der Waals surface area contributed by atoms with Gasteiger partial charge in [0.25, 0.3) is 5.91 Å². The summed E-state index contributed by atoms with van der Waals surface area (Å²) in [6, 6.07) is 14.3. The molecule has 0 spiro atoms. The second kappa shape index (κ2) is 9.38. The maximum absolute atomic E-state index is 13.0. The van der Waals surface area contributed by atoms with Crippen LogP contribution in [-0.2, 0) is 10.0 Å². The van der Waals surface area contributed by atoms with Crippen LogP contribution in [0.2, 0.25) is 0 Å². The zero-order valence-electron chi connectivity index (χ0n) is 17.7. The van der Waals surface area contributed by atoms with Crippen LogP contribution in [0.3, 0.4) is 0 Å². The lowest BCUT2D eigenvalue weighted by Gasteiger charge is -2.37. The average Bonchev–Trinajstić information content (AvgIpc) is 3.26. The fourth-order valence-corrected chi connectivity index (χ4v) is 5.77. The van der Waals surface area contributed by atoms with Gasteiger partial charge in [-0.3, -0.25) is 9.69 Å². The zero-order valence-corrected chi connectivity index (χ0v) is 19.3. The van der Waals surface area contributed by atoms with Gasteiger partial charge in [-0.25, -0.2) is 13.4 Å². The summed E-state index contributed by atoms with van der Waals surface area (Å²) in [4.78, 5) is 21.9. The van der Waals surface area contributed by atoms with Crippen molar-refractivity contribution >= 4 is 37.5 Å². The number of amides is 1. The first-order valence-corrected chi connectivity index (χ1v) is 12.6. The third-order valence-electron chi connectivity index (χ3n) is 5.57. The Labute approximate surface area is 192 Å². The van der Waals surface area contributed by atoms with Gasteiger partial charge in [0.1, 0.15) is 5.01 Å². The molecule has 0 bridgehead atoms. The number of fused-ring (bicyclic) bond motifs is 1. The second-order valence-electron chi connectivity index (χ2n) is 7.58. The van der Waals surface area contributed by atoms with Crippen LogP contribution in [0.5, 0.6) is 0 Å². The lowest BCUT2D eigenvalue weighted by Crippen LogP contribution is -2.49. The maximum atomic E-state index is 13.0. The number of piperazine rings is 1. The molecule has 1 saturated heterocycles. The molecular formula is C23H24N4O3S2. The lowest BCUT2D eigenvalue weighted by molar-refractivity contribution is 0.0582. The minimum Gasteiger partial charge on any atom is -0.336 e. The van der Waals surface area contributed by atoms with Crippen LogP contribution in [0.4, 0.5) is 0 Å². The number of benzene rings is 2. The summed E-state index contributed by atoms with van der Waals surface area (Å²) in [5.41, 5.74) is 1.36. The Hall–Kier alpha value is -2.77. The number of carbonyl (C=O) groups excluding carboxylic acids is 1. The summed E-state index contributed by atoms with van der Waals surface area (Å²) in [6.07, 6.45) is 5.13. The predicted octanol–water partition coefficient (Wildman–Crippen LogP) is 2.73. The number of thiazole rings is 1. The van der Waals surface area contributed by atoms with Gasteiger partial charge in [-0.1, -0.05) is 24.1 Å². The van der Waals surface area contributed by atoms with Gasteiger partial charge in [-0.2, -0.15) is 4.72 Å². The summed E-state index contributed by atoms with van der Waals surface area (Å²) in [5.74, 6) is 2.07. The van der Waals surface area contributed by atoms with Gasteiger partial charge in [0.2, 0.25) is 10.0 Å². The molecule has 4 rings (SSSR count). The highest BCUT2D eigenvalue weighted by molar-refractivity contribution is 7.89. The highest BCUT2D eigenvalue weighted by atomic mass is 32.2. The van der Waals surface area contributed by atoms with E-state index in [9.17, 15) is 13.2 Å². The molecule has 0 radical (unpaired) electrons. The smallest absolute Gasteiger partial charge is 0.253 e. The van der Waals surface area contributed by atoms with Crippen molar-refractivity contribution in [3.63, 3.8) is 0 Å². The zero-order chi connectivity index (χ0) is 22.7. The van der Waals surface area contributed by atoms with Gasteiger partial charge in [-0.05, 0) is 37.3 Å². The van der Waals surface area contributed by atoms with E-state index in [4.69, 9.17) is 11.4 Å². The Bertz CT molecular complexity index is 1240. The van der Waals surface area contributed by atoms with Crippen LogP contribution >= 0.6 is 11.3 Å². The molecule has 2 aromatic carbocycles. The molecule has 0 aliphatic carbocycles. The van der Waals surface area contributed by atoms with E-state index < -0.39 is 10.0 Å². The number of aromatic nitrogens is 1. The van der Waals surface area contributed by atoms with Gasteiger partial charge in [-0.15, -0.1) is 17.8 Å². The number of hydrogen-bond acceptors (Lipinski definition) is 6. The van der Waals surface area contributed by atoms with Crippen LogP contribution in [0.25, 0.3) is 10.2 Å². The van der Waals surface area contributed by atoms with Gasteiger partial charge < -0.3 is 4.90 Å². The number of hydrogen-bond donors (Lipinski definition) is 1. The van der Waals surface area contributed by atoms with Crippen LogP contribution in [0.15, 0.2) is 53.4 Å². The topological polar surface area (TPSA) is 82.6 Å². The van der Waals surface area contributed by atoms with Gasteiger partial charge in [0, 0.05) is 31.7 Å². The number of terminal acetylenes is 1. The van der Waals surface area contributed by atoms with Crippen molar-refractivity contribution in [2.24, 2.45) is 0 Å². The number of sulfonamides is 1. The van der Waals surface area contributed by atoms with Gasteiger partial charge in [0.15, 0.2) is 0 Å². The minimum atomic E-state index is -3.75. The van der Waals surface area contributed by atoms with E-state index in [1.165, 1.54) is 16.8 Å². The molecule has 32 heavy (non-hydrogen) atoms. The van der Waals surface area contributed by atoms with Crippen LogP contribution in [0, 0.1) is 12.3 Å². The van der Waals surface area contributed by atoms with Crippen molar-refractivity contribution < 1.29 is 13.2 Å². The molecule has 1 aliphatic heterocycles. The molecular weight excluding hydrogens is 444 g/mol. The van der Waals surface area contributed by atoms with Gasteiger partial charge in [0.05, 0.1) is 27.7 Å². The molecule has 9 heteroatoms. The normalized spacial score (nSPS) is 16.1. The van der Waals surface area contributed by atoms with Gasteiger partial charge >= 0.3 is 0 Å². The van der Waals surface area contributed by atoms with E-state index in [0.717, 1.165) is 23.6 Å². The first-order chi connectivity index (χ1) is 15.4. The molecule has 1 aromatic heterocycles. The van der Waals surface area contributed by atoms with E-state index in [1.54, 1.807) is 28.4 Å². The molecule has 1 aliphatic rings. The summed E-state index contributed by atoms with van der Waals surface area (Å²) in [5, 5.41) is 1.07. The third-order valence-corrected chi connectivity index (χ3v) is 8.18. The Balaban J connectivity index is 1.41. The van der Waals surface area contributed by atoms with E-state index in [-0.39, 0.29) is 23.4 Å². The fourth-order valence-electron chi connectivity index (χ4n) is 3.74. The molecule has 1 N–H and O–H groups in total. The maximum Gasteiger partial charge on any atom is 0.253 e. The molecule has 166 valence electrons. The molecule has 0 unspecified atom stereocenters. The summed E-state index contributed by atoms with van der Waals surface area (Å²) < 4.78 is 28.1. The summed E-state index contributed by atoms with van der Waals surface area (Å²) >= 11 is 1.70. The monoisotopic (exact) mass is 468 g/mol. The van der Waals surface area contributed by atoms with Crippen molar-refractivity contribution in [2.75, 3.05) is 32.7 Å². The highest BCUT2D eigenvalue weighted by Gasteiger charge is 2.27. The number of para-hydroxylation sites is 1. The lowest BCUT2D eigenvalue weighted by atomic mass is 10.1. The minimum absolute atomic E-state index is 0.0293. The Kier molecular flexibility index (Phi) is 6.58. The molecule has 7 nitrogen and oxygen atoms in total. The molecule has 0 saturated carbocycles. The van der Waals surface area contributed by atoms with Crippen molar-refractivity contribution in [1.29, 1.82) is 0 Å². The van der Waals surface area contributed by atoms with Crippen molar-refractivity contribution in [1.82, 2.24) is 19.5 Å². The molecule has 3 aromatic rings. The molecule has 1 atom stereocenters. The van der Waals surface area contributed by atoms with Crippen LogP contribution in [-0.4, -0.2) is 61.8 Å². The first kappa shape index (κ1) is 22.4. The first-order valence-electron chi connectivity index (χ1n) is 10.3. The Morgan fingerprint density at radius 2 is 1.94 bits per heavy atom. The van der Waals surface area contributed by atoms with Crippen LogP contribution in [0.1, 0.15) is 28.3 Å². The van der Waals surface area contributed by atoms with E-state index in [2.05, 4.69) is 28.5 Å². The molecule has 2 heterocycles. The number of nitrogens with zero attached hydrogens (tertiary/aromatic N) is 3. The largest absolute Gasteiger partial charge is 0.336 e. The van der Waals surface area contributed by atoms with E-state index >= 15 is 0 Å². The number of nitrogens with one attached hydrogen (secondary N) is 1. The van der Waals surface area contributed by atoms with E-state index in [1.807, 2.05) is 18.2 Å². The summed E-state index contributed by atoms with van der Waals surface area (Å²) in [7, 11) is -3.75. The van der Waals surface area contributed by atoms with Crippen molar-refractivity contribution in [3.8, 4) is 12.3 Å². The van der Waals surface area contributed by atoms with Crippen molar-refractivity contribution in [2.45, 2.75) is 17.9 Å². The average molecular weight is 469 g/mol. The molecule has 1 fully saturated rings. The Morgan fingerprint density at radius 1 is 1.19 bits per heavy atom. The second-order valence-corrected chi connectivity index (χ2v) is 10.4. The number of carbonyl (C=O) groups is 1. The fraction of sp³-hybridized carbons (Fsp3) is 0.304. The van der Waals surface area contributed by atoms with Crippen molar-refractivity contribution in [3.05, 3.63) is 59.1 Å². The quantitative estimate of drug-likeness (QED) is 0.563. The Morgan fingerprint density at radius 3 is 2.66 bits per heavy atom. The third kappa shape index (κ3) is 4.69. The molecule has 1 amide bonds. The standard InChI is InChI=1S/C23H24N4O3S2/c1-3-11-24-32(29,30)19-8-6-7-18(16-19)23(28)27-14-12-26(13-15-27)17(2)22-25-20-9-4-5-10-21(20)31-22/h1,4-10,16-17,24H,11-15H2,2H3/t17-/m0/s1. The summed E-state index contributed by atoms with van der Waals surface area (Å²) in [6.45, 7) is 4.64. The highest BCUT2D eigenvalue weighted by Crippen LogP contribution is 2.30. The van der Waals surface area contributed by atoms with Crippen LogP contribution < -0.4 is 4.72 Å². The number of rotatable bonds is 6. The van der Waals surface area contributed by atoms with E-state index in [0.29, 0.717) is 18.7 Å².